The van der Waals surface area contributed by atoms with E-state index in [9.17, 15) is 0 Å². The maximum absolute atomic E-state index is 6.34. The zero-order chi connectivity index (χ0) is 38.9. The first-order valence-electron chi connectivity index (χ1n) is 22.2. The number of hydrogen-bond acceptors (Lipinski definition) is 4. The first-order valence-corrected chi connectivity index (χ1v) is 23.0. The molecule has 2 atom stereocenters. The molecular weight excluding hydrogens is 701 g/mol. The molecular formula is C48H78N2O2S2. The highest BCUT2D eigenvalue weighted by Crippen LogP contribution is 2.46. The summed E-state index contributed by atoms with van der Waals surface area (Å²) < 4.78 is 12.6. The number of para-hydroxylation sites is 2. The fraction of sp³-hybridized carbons (Fsp3) is 0.708. The quantitative estimate of drug-likeness (QED) is 0.0695. The Morgan fingerprint density at radius 3 is 1.44 bits per heavy atom. The second-order valence-corrected chi connectivity index (χ2v) is 18.4. The third-order valence-electron chi connectivity index (χ3n) is 11.4. The average Bonchev–Trinajstić information content (AvgIpc) is 3.13. The molecule has 2 aromatic rings. The molecule has 4 nitrogen and oxygen atoms in total. The van der Waals surface area contributed by atoms with Gasteiger partial charge in [0, 0.05) is 12.6 Å². The minimum absolute atomic E-state index is 0.0192. The number of benzene rings is 2. The van der Waals surface area contributed by atoms with Crippen molar-refractivity contribution < 1.29 is 9.47 Å². The summed E-state index contributed by atoms with van der Waals surface area (Å²) in [6.07, 6.45) is 32.0. The van der Waals surface area contributed by atoms with Crippen LogP contribution in [-0.4, -0.2) is 22.9 Å². The predicted molar refractivity (Wildman–Crippen MR) is 241 cm³/mol. The fourth-order valence-corrected chi connectivity index (χ4v) is 9.23. The largest absolute Gasteiger partial charge is 0.432 e. The second kappa shape index (κ2) is 26.6. The van der Waals surface area contributed by atoms with Crippen molar-refractivity contribution in [2.24, 2.45) is 10.8 Å². The van der Waals surface area contributed by atoms with Gasteiger partial charge in [-0.3, -0.25) is 0 Å². The first kappa shape index (κ1) is 46.2. The van der Waals surface area contributed by atoms with Gasteiger partial charge in [0.05, 0.1) is 0 Å². The maximum Gasteiger partial charge on any atom is 0.262 e. The molecule has 1 saturated carbocycles. The van der Waals surface area contributed by atoms with Crippen LogP contribution < -0.4 is 20.1 Å². The zero-order valence-corrected chi connectivity index (χ0v) is 36.8. The van der Waals surface area contributed by atoms with Crippen LogP contribution in [0.1, 0.15) is 193 Å². The molecule has 0 aromatic heterocycles. The molecule has 6 heteroatoms. The molecule has 0 amide bonds. The van der Waals surface area contributed by atoms with Crippen molar-refractivity contribution in [3.63, 3.8) is 0 Å². The average molecular weight is 779 g/mol. The minimum Gasteiger partial charge on any atom is -0.432 e. The van der Waals surface area contributed by atoms with E-state index in [0.29, 0.717) is 10.3 Å². The second-order valence-electron chi connectivity index (χ2n) is 17.6. The van der Waals surface area contributed by atoms with E-state index in [4.69, 9.17) is 33.9 Å². The van der Waals surface area contributed by atoms with E-state index < -0.39 is 0 Å². The van der Waals surface area contributed by atoms with Crippen LogP contribution in [0, 0.1) is 10.8 Å². The van der Waals surface area contributed by atoms with Gasteiger partial charge in [-0.25, -0.2) is 0 Å². The molecule has 304 valence electrons. The SMILES string of the molecule is CCCCCCCCCCCCc1ccccc1OC(=S)NCC1(C)CC(NC(=S)Oc2ccccc2CCCCCCCCCCCC)CC(C)(C)C1. The van der Waals surface area contributed by atoms with Crippen molar-refractivity contribution in [3.8, 4) is 11.5 Å². The lowest BCUT2D eigenvalue weighted by atomic mass is 9.62. The lowest BCUT2D eigenvalue weighted by Gasteiger charge is -2.47. The topological polar surface area (TPSA) is 42.5 Å². The van der Waals surface area contributed by atoms with Crippen LogP contribution in [0.3, 0.4) is 0 Å². The molecule has 1 aliphatic rings. The highest BCUT2D eigenvalue weighted by atomic mass is 32.1. The Balaban J connectivity index is 1.41. The van der Waals surface area contributed by atoms with Crippen LogP contribution in [0.5, 0.6) is 11.5 Å². The van der Waals surface area contributed by atoms with Crippen LogP contribution in [-0.2, 0) is 12.8 Å². The van der Waals surface area contributed by atoms with Gasteiger partial charge in [-0.1, -0.05) is 187 Å². The molecule has 1 aliphatic carbocycles. The highest BCUT2D eigenvalue weighted by molar-refractivity contribution is 7.80. The summed E-state index contributed by atoms with van der Waals surface area (Å²) in [5.41, 5.74) is 2.66. The van der Waals surface area contributed by atoms with Gasteiger partial charge in [0.25, 0.3) is 10.3 Å². The minimum atomic E-state index is 0.0192. The van der Waals surface area contributed by atoms with Crippen LogP contribution >= 0.6 is 24.4 Å². The highest BCUT2D eigenvalue weighted by Gasteiger charge is 2.41. The van der Waals surface area contributed by atoms with Crippen molar-refractivity contribution in [1.29, 1.82) is 0 Å². The van der Waals surface area contributed by atoms with E-state index in [0.717, 1.165) is 50.1 Å². The molecule has 1 fully saturated rings. The maximum atomic E-state index is 6.34. The Labute approximate surface area is 343 Å². The molecule has 0 aliphatic heterocycles. The van der Waals surface area contributed by atoms with E-state index in [1.807, 2.05) is 12.1 Å². The van der Waals surface area contributed by atoms with Crippen LogP contribution in [0.4, 0.5) is 0 Å². The lowest BCUT2D eigenvalue weighted by molar-refractivity contribution is 0.0787. The summed E-state index contributed by atoms with van der Waals surface area (Å²) in [6, 6.07) is 17.0. The Bertz CT molecular complexity index is 1330. The van der Waals surface area contributed by atoms with Gasteiger partial charge in [0.1, 0.15) is 11.5 Å². The van der Waals surface area contributed by atoms with Crippen LogP contribution in [0.25, 0.3) is 0 Å². The standard InChI is InChI=1S/C48H78N2O2S2/c1-6-8-10-12-14-16-18-20-22-24-30-40-32-26-28-34-43(40)51-45(53)49-39-48(5)37-42(36-47(3,4)38-48)50-46(54)52-44-35-29-27-33-41(44)31-25-23-21-19-17-15-13-11-9-7-2/h26-29,32-35,42H,6-25,30-31,36-39H2,1-5H3,(H,49,53)(H,50,54). The van der Waals surface area contributed by atoms with Crippen molar-refractivity contribution >= 4 is 34.8 Å². The molecule has 3 rings (SSSR count). The molecule has 0 saturated heterocycles. The van der Waals surface area contributed by atoms with E-state index in [-0.39, 0.29) is 16.9 Å². The van der Waals surface area contributed by atoms with Gasteiger partial charge >= 0.3 is 0 Å². The summed E-state index contributed by atoms with van der Waals surface area (Å²) in [5.74, 6) is 1.77. The van der Waals surface area contributed by atoms with Crippen molar-refractivity contribution in [2.75, 3.05) is 6.54 Å². The Morgan fingerprint density at radius 2 is 0.981 bits per heavy atom. The summed E-state index contributed by atoms with van der Waals surface area (Å²) >= 11 is 11.6. The fourth-order valence-electron chi connectivity index (χ4n) is 8.81. The van der Waals surface area contributed by atoms with E-state index in [1.54, 1.807) is 0 Å². The Morgan fingerprint density at radius 1 is 0.574 bits per heavy atom. The van der Waals surface area contributed by atoms with Crippen molar-refractivity contribution in [3.05, 3.63) is 59.7 Å². The molecule has 0 bridgehead atoms. The van der Waals surface area contributed by atoms with E-state index >= 15 is 0 Å². The normalized spacial score (nSPS) is 17.9. The van der Waals surface area contributed by atoms with Crippen LogP contribution in [0.15, 0.2) is 48.5 Å². The molecule has 2 N–H and O–H groups in total. The van der Waals surface area contributed by atoms with Crippen molar-refractivity contribution in [1.82, 2.24) is 10.6 Å². The van der Waals surface area contributed by atoms with Crippen LogP contribution in [0.2, 0.25) is 0 Å². The molecule has 2 unspecified atom stereocenters. The summed E-state index contributed by atoms with van der Waals surface area (Å²) in [5, 5.41) is 8.04. The number of thiocarbonyl (C=S) groups is 2. The first-order chi connectivity index (χ1) is 26.1. The van der Waals surface area contributed by atoms with Gasteiger partial charge < -0.3 is 20.1 Å². The molecule has 0 heterocycles. The molecule has 54 heavy (non-hydrogen) atoms. The number of hydrogen-bond donors (Lipinski definition) is 2. The summed E-state index contributed by atoms with van der Waals surface area (Å²) in [7, 11) is 0. The lowest BCUT2D eigenvalue weighted by Crippen LogP contribution is -2.51. The summed E-state index contributed by atoms with van der Waals surface area (Å²) in [6.45, 7) is 12.4. The monoisotopic (exact) mass is 779 g/mol. The van der Waals surface area contributed by atoms with E-state index in [1.165, 1.54) is 140 Å². The molecule has 0 spiro atoms. The van der Waals surface area contributed by atoms with Gasteiger partial charge in [-0.15, -0.1) is 0 Å². The van der Waals surface area contributed by atoms with Gasteiger partial charge in [-0.2, -0.15) is 0 Å². The predicted octanol–water partition coefficient (Wildman–Crippen LogP) is 14.4. The number of rotatable bonds is 27. The third kappa shape index (κ3) is 19.6. The Hall–Kier alpha value is -2.18. The van der Waals surface area contributed by atoms with Gasteiger partial charge in [0.15, 0.2) is 0 Å². The Kier molecular flexibility index (Phi) is 22.8. The third-order valence-corrected chi connectivity index (χ3v) is 11.8. The zero-order valence-electron chi connectivity index (χ0n) is 35.2. The van der Waals surface area contributed by atoms with Gasteiger partial charge in [-0.05, 0) is 103 Å². The van der Waals surface area contributed by atoms with Crippen molar-refractivity contribution in [2.45, 2.75) is 201 Å². The van der Waals surface area contributed by atoms with Gasteiger partial charge in [0.2, 0.25) is 0 Å². The number of unbranched alkanes of at least 4 members (excludes halogenated alkanes) is 18. The number of nitrogens with one attached hydrogen (secondary N) is 2. The molecule has 0 radical (unpaired) electrons. The molecule has 2 aromatic carbocycles. The smallest absolute Gasteiger partial charge is 0.262 e. The summed E-state index contributed by atoms with van der Waals surface area (Å²) in [4.78, 5) is 0. The number of aryl methyl sites for hydroxylation is 2. The number of ether oxygens (including phenoxy) is 2. The van der Waals surface area contributed by atoms with E-state index in [2.05, 4.69) is 81.7 Å².